The van der Waals surface area contributed by atoms with Gasteiger partial charge in [-0.1, -0.05) is 18.2 Å². The predicted octanol–water partition coefficient (Wildman–Crippen LogP) is 4.02. The summed E-state index contributed by atoms with van der Waals surface area (Å²) in [6.45, 7) is -0.263. The zero-order valence-corrected chi connectivity index (χ0v) is 15.5. The second-order valence-electron chi connectivity index (χ2n) is 6.82. The van der Waals surface area contributed by atoms with Gasteiger partial charge in [0.15, 0.2) is 0 Å². The number of amides is 1. The third kappa shape index (κ3) is 6.49. The van der Waals surface area contributed by atoms with Gasteiger partial charge in [-0.05, 0) is 55.8 Å². The fourth-order valence-electron chi connectivity index (χ4n) is 3.29. The van der Waals surface area contributed by atoms with Gasteiger partial charge in [-0.2, -0.15) is 8.78 Å². The number of anilines is 1. The lowest BCUT2D eigenvalue weighted by Crippen LogP contribution is -2.42. The maximum atomic E-state index is 12.3. The Bertz CT molecular complexity index is 741. The van der Waals surface area contributed by atoms with Gasteiger partial charge in [0.05, 0.1) is 13.2 Å². The van der Waals surface area contributed by atoms with Crippen LogP contribution in [0.1, 0.15) is 12.8 Å². The van der Waals surface area contributed by atoms with Crippen molar-refractivity contribution in [1.29, 1.82) is 0 Å². The van der Waals surface area contributed by atoms with Crippen LogP contribution in [0.5, 0.6) is 11.5 Å². The van der Waals surface area contributed by atoms with E-state index in [1.54, 1.807) is 12.1 Å². The summed E-state index contributed by atoms with van der Waals surface area (Å²) < 4.78 is 34.5. The Labute approximate surface area is 163 Å². The number of nitrogens with one attached hydrogen (secondary N) is 1. The second kappa shape index (κ2) is 10.0. The number of rotatable bonds is 8. The molecule has 7 heteroatoms. The molecule has 1 amide bonds. The molecule has 1 saturated heterocycles. The van der Waals surface area contributed by atoms with Crippen LogP contribution in [0.4, 0.5) is 14.5 Å². The van der Waals surface area contributed by atoms with Gasteiger partial charge < -0.3 is 14.8 Å². The van der Waals surface area contributed by atoms with Gasteiger partial charge in [0, 0.05) is 18.2 Å². The molecule has 3 rings (SSSR count). The van der Waals surface area contributed by atoms with Gasteiger partial charge >= 0.3 is 6.61 Å². The average molecular weight is 390 g/mol. The molecule has 0 aromatic heterocycles. The van der Waals surface area contributed by atoms with E-state index in [2.05, 4.69) is 15.0 Å². The molecule has 1 heterocycles. The topological polar surface area (TPSA) is 50.8 Å². The molecular formula is C21H24F2N2O3. The Hall–Kier alpha value is -2.67. The first-order valence-electron chi connectivity index (χ1n) is 9.33. The number of ether oxygens (including phenoxy) is 2. The van der Waals surface area contributed by atoms with E-state index < -0.39 is 6.61 Å². The Morgan fingerprint density at radius 1 is 1.11 bits per heavy atom. The lowest BCUT2D eigenvalue weighted by atomic mass is 9.99. The normalized spacial score (nSPS) is 17.3. The number of nitrogens with zero attached hydrogens (tertiary/aromatic N) is 1. The van der Waals surface area contributed by atoms with Crippen molar-refractivity contribution < 1.29 is 23.0 Å². The van der Waals surface area contributed by atoms with Crippen molar-refractivity contribution in [3.8, 4) is 11.5 Å². The molecule has 1 unspecified atom stereocenters. The second-order valence-corrected chi connectivity index (χ2v) is 6.82. The fourth-order valence-corrected chi connectivity index (χ4v) is 3.29. The van der Waals surface area contributed by atoms with Crippen LogP contribution in [-0.2, 0) is 4.79 Å². The number of carbonyl (C=O) groups is 1. The number of para-hydroxylation sites is 1. The molecule has 1 N–H and O–H groups in total. The quantitative estimate of drug-likeness (QED) is 0.740. The Kier molecular flexibility index (Phi) is 7.19. The Balaban J connectivity index is 1.43. The van der Waals surface area contributed by atoms with Crippen molar-refractivity contribution in [1.82, 2.24) is 4.90 Å². The van der Waals surface area contributed by atoms with E-state index in [-0.39, 0.29) is 18.2 Å². The van der Waals surface area contributed by atoms with Crippen LogP contribution in [0, 0.1) is 5.92 Å². The monoisotopic (exact) mass is 390 g/mol. The van der Waals surface area contributed by atoms with Gasteiger partial charge in [0.2, 0.25) is 5.91 Å². The van der Waals surface area contributed by atoms with Crippen LogP contribution >= 0.6 is 0 Å². The third-order valence-electron chi connectivity index (χ3n) is 4.56. The number of alkyl halides is 2. The van der Waals surface area contributed by atoms with Crippen LogP contribution in [-0.4, -0.2) is 43.7 Å². The molecule has 150 valence electrons. The Morgan fingerprint density at radius 2 is 1.86 bits per heavy atom. The molecule has 1 aliphatic rings. The minimum absolute atomic E-state index is 0.0605. The smallest absolute Gasteiger partial charge is 0.387 e. The highest BCUT2D eigenvalue weighted by molar-refractivity contribution is 5.92. The van der Waals surface area contributed by atoms with E-state index in [4.69, 9.17) is 4.74 Å². The number of hydrogen-bond donors (Lipinski definition) is 1. The summed E-state index contributed by atoms with van der Waals surface area (Å²) in [4.78, 5) is 14.4. The van der Waals surface area contributed by atoms with E-state index in [0.717, 1.165) is 31.7 Å². The number of likely N-dealkylation sites (tertiary alicyclic amines) is 1. The van der Waals surface area contributed by atoms with Crippen LogP contribution in [0.25, 0.3) is 0 Å². The molecule has 1 aliphatic heterocycles. The SMILES string of the molecule is O=C(CN1CCCC(COc2ccccc2)C1)Nc1ccc(OC(F)F)cc1. The highest BCUT2D eigenvalue weighted by Gasteiger charge is 2.22. The van der Waals surface area contributed by atoms with Gasteiger partial charge in [-0.3, -0.25) is 9.69 Å². The number of halogens is 2. The minimum Gasteiger partial charge on any atom is -0.493 e. The molecular weight excluding hydrogens is 366 g/mol. The summed E-state index contributed by atoms with van der Waals surface area (Å²) in [5.74, 6) is 1.17. The zero-order chi connectivity index (χ0) is 19.8. The number of carbonyl (C=O) groups excluding carboxylic acids is 1. The summed E-state index contributed by atoms with van der Waals surface area (Å²) in [6.07, 6.45) is 2.10. The number of piperidine rings is 1. The average Bonchev–Trinajstić information content (AvgIpc) is 2.68. The molecule has 0 spiro atoms. The summed E-state index contributed by atoms with van der Waals surface area (Å²) in [5, 5.41) is 2.79. The van der Waals surface area contributed by atoms with Gasteiger partial charge in [0.25, 0.3) is 0 Å². The summed E-state index contributed by atoms with van der Waals surface area (Å²) in [6, 6.07) is 15.6. The molecule has 1 fully saturated rings. The zero-order valence-electron chi connectivity index (χ0n) is 15.5. The maximum absolute atomic E-state index is 12.3. The van der Waals surface area contributed by atoms with Crippen LogP contribution < -0.4 is 14.8 Å². The molecule has 1 atom stereocenters. The van der Waals surface area contributed by atoms with Crippen molar-refractivity contribution in [2.75, 3.05) is 31.6 Å². The van der Waals surface area contributed by atoms with Crippen molar-refractivity contribution in [2.45, 2.75) is 19.5 Å². The van der Waals surface area contributed by atoms with Crippen LogP contribution in [0.15, 0.2) is 54.6 Å². The van der Waals surface area contributed by atoms with Crippen molar-refractivity contribution in [3.05, 3.63) is 54.6 Å². The van der Waals surface area contributed by atoms with Gasteiger partial charge in [-0.25, -0.2) is 0 Å². The molecule has 0 aliphatic carbocycles. The lowest BCUT2D eigenvalue weighted by molar-refractivity contribution is -0.117. The number of benzene rings is 2. The molecule has 28 heavy (non-hydrogen) atoms. The van der Waals surface area contributed by atoms with E-state index in [1.807, 2.05) is 30.3 Å². The minimum atomic E-state index is -2.86. The fraction of sp³-hybridized carbons (Fsp3) is 0.381. The molecule has 0 radical (unpaired) electrons. The maximum Gasteiger partial charge on any atom is 0.387 e. The first kappa shape index (κ1) is 20.1. The highest BCUT2D eigenvalue weighted by Crippen LogP contribution is 2.20. The van der Waals surface area contributed by atoms with Crippen molar-refractivity contribution in [2.24, 2.45) is 5.92 Å². The molecule has 2 aromatic carbocycles. The molecule has 2 aromatic rings. The van der Waals surface area contributed by atoms with E-state index in [9.17, 15) is 13.6 Å². The largest absolute Gasteiger partial charge is 0.493 e. The summed E-state index contributed by atoms with van der Waals surface area (Å²) >= 11 is 0. The Morgan fingerprint density at radius 3 is 2.57 bits per heavy atom. The first-order chi connectivity index (χ1) is 13.6. The first-order valence-corrected chi connectivity index (χ1v) is 9.33. The van der Waals surface area contributed by atoms with E-state index >= 15 is 0 Å². The highest BCUT2D eigenvalue weighted by atomic mass is 19.3. The third-order valence-corrected chi connectivity index (χ3v) is 4.56. The number of hydrogen-bond acceptors (Lipinski definition) is 4. The summed E-state index contributed by atoms with van der Waals surface area (Å²) in [7, 11) is 0. The van der Waals surface area contributed by atoms with Crippen molar-refractivity contribution >= 4 is 11.6 Å². The predicted molar refractivity (Wildman–Crippen MR) is 103 cm³/mol. The van der Waals surface area contributed by atoms with Crippen molar-refractivity contribution in [3.63, 3.8) is 0 Å². The van der Waals surface area contributed by atoms with Gasteiger partial charge in [-0.15, -0.1) is 0 Å². The van der Waals surface area contributed by atoms with Gasteiger partial charge in [0.1, 0.15) is 11.5 Å². The standard InChI is InChI=1S/C21H24F2N2O3/c22-21(23)28-19-10-8-17(9-11-19)24-20(26)14-25-12-4-5-16(13-25)15-27-18-6-2-1-3-7-18/h1-3,6-11,16,21H,4-5,12-15H2,(H,24,26). The van der Waals surface area contributed by atoms with E-state index in [0.29, 0.717) is 18.2 Å². The molecule has 0 saturated carbocycles. The molecule has 0 bridgehead atoms. The van der Waals surface area contributed by atoms with Crippen LogP contribution in [0.3, 0.4) is 0 Å². The van der Waals surface area contributed by atoms with E-state index in [1.165, 1.54) is 12.1 Å². The lowest BCUT2D eigenvalue weighted by Gasteiger charge is -2.32. The van der Waals surface area contributed by atoms with Crippen LogP contribution in [0.2, 0.25) is 0 Å². The summed E-state index contributed by atoms with van der Waals surface area (Å²) in [5.41, 5.74) is 0.549. The molecule has 5 nitrogen and oxygen atoms in total.